The summed E-state index contributed by atoms with van der Waals surface area (Å²) in [6.45, 7) is 10.1. The number of carbonyl (C=O) groups excluding carboxylic acids is 2. The van der Waals surface area contributed by atoms with E-state index in [1.165, 1.54) is 0 Å². The first kappa shape index (κ1) is 21.9. The summed E-state index contributed by atoms with van der Waals surface area (Å²) in [5.41, 5.74) is 7.06. The Bertz CT molecular complexity index is 1110. The minimum atomic E-state index is -0.0976. The monoisotopic (exact) mass is 448 g/mol. The van der Waals surface area contributed by atoms with Gasteiger partial charge in [0.2, 0.25) is 0 Å². The number of nitrogens with zero attached hydrogens (tertiary/aromatic N) is 2. The van der Waals surface area contributed by atoms with Crippen molar-refractivity contribution in [1.82, 2.24) is 14.8 Å². The topological polar surface area (TPSA) is 77.7 Å². The first-order chi connectivity index (χ1) is 16.0. The van der Waals surface area contributed by atoms with E-state index in [9.17, 15) is 9.59 Å². The number of ether oxygens (including phenoxy) is 1. The van der Waals surface area contributed by atoms with E-state index in [0.29, 0.717) is 5.57 Å². The van der Waals surface area contributed by atoms with Crippen LogP contribution in [0.25, 0.3) is 11.6 Å². The molecule has 3 aliphatic rings. The fraction of sp³-hybridized carbons (Fsp3) is 0.462. The average molecular weight is 449 g/mol. The van der Waals surface area contributed by atoms with Crippen LogP contribution in [-0.2, 0) is 16.0 Å². The third kappa shape index (κ3) is 4.23. The Labute approximate surface area is 194 Å². The Kier molecular flexibility index (Phi) is 6.08. The predicted molar refractivity (Wildman–Crippen MR) is 129 cm³/mol. The Hall–Kier alpha value is -2.90. The summed E-state index contributed by atoms with van der Waals surface area (Å²) in [6.07, 6.45) is 4.66. The number of fused-ring (bicyclic) bond motifs is 2. The minimum Gasteiger partial charge on any atom is -0.379 e. The zero-order valence-electron chi connectivity index (χ0n) is 19.5. The number of aromatic nitrogens is 1. The molecule has 0 spiro atoms. The maximum absolute atomic E-state index is 13.5. The van der Waals surface area contributed by atoms with E-state index >= 15 is 0 Å². The van der Waals surface area contributed by atoms with Crippen molar-refractivity contribution in [2.24, 2.45) is 0 Å². The smallest absolute Gasteiger partial charge is 0.256 e. The van der Waals surface area contributed by atoms with Gasteiger partial charge in [-0.2, -0.15) is 0 Å². The lowest BCUT2D eigenvalue weighted by Gasteiger charge is -2.28. The number of benzene rings is 1. The van der Waals surface area contributed by atoms with Crippen LogP contribution in [-0.4, -0.2) is 72.5 Å². The first-order valence-corrected chi connectivity index (χ1v) is 12.0. The number of aryl methyl sites for hydroxylation is 2. The van der Waals surface area contributed by atoms with E-state index in [1.807, 2.05) is 43.0 Å². The van der Waals surface area contributed by atoms with Crippen LogP contribution >= 0.6 is 0 Å². The van der Waals surface area contributed by atoms with Gasteiger partial charge in [0.15, 0.2) is 0 Å². The summed E-state index contributed by atoms with van der Waals surface area (Å²) in [7, 11) is 0. The molecule has 7 heteroatoms. The molecule has 7 nitrogen and oxygen atoms in total. The van der Waals surface area contributed by atoms with Crippen molar-refractivity contribution in [3.05, 3.63) is 51.8 Å². The molecule has 2 N–H and O–H groups in total. The van der Waals surface area contributed by atoms with Crippen LogP contribution in [0.3, 0.4) is 0 Å². The summed E-state index contributed by atoms with van der Waals surface area (Å²) < 4.78 is 5.42. The maximum Gasteiger partial charge on any atom is 0.256 e. The number of hydrogen-bond donors (Lipinski definition) is 2. The fourth-order valence-corrected chi connectivity index (χ4v) is 5.25. The van der Waals surface area contributed by atoms with E-state index in [2.05, 4.69) is 15.2 Å². The normalized spacial score (nSPS) is 20.1. The van der Waals surface area contributed by atoms with E-state index in [1.54, 1.807) is 0 Å². The van der Waals surface area contributed by atoms with Crippen molar-refractivity contribution in [3.8, 4) is 0 Å². The van der Waals surface area contributed by atoms with Gasteiger partial charge in [-0.25, -0.2) is 0 Å². The van der Waals surface area contributed by atoms with Crippen molar-refractivity contribution in [1.29, 1.82) is 0 Å². The van der Waals surface area contributed by atoms with Crippen LogP contribution < -0.4 is 5.32 Å². The van der Waals surface area contributed by atoms with Crippen LogP contribution in [0.4, 0.5) is 5.69 Å². The predicted octanol–water partition coefficient (Wildman–Crippen LogP) is 3.23. The molecular weight excluding hydrogens is 416 g/mol. The van der Waals surface area contributed by atoms with Crippen molar-refractivity contribution >= 4 is 29.2 Å². The average Bonchev–Trinajstić information content (AvgIpc) is 3.24. The van der Waals surface area contributed by atoms with Gasteiger partial charge in [-0.15, -0.1) is 0 Å². The lowest BCUT2D eigenvalue weighted by molar-refractivity contribution is -0.110. The Morgan fingerprint density at radius 3 is 2.70 bits per heavy atom. The highest BCUT2D eigenvalue weighted by molar-refractivity contribution is 6.35. The summed E-state index contributed by atoms with van der Waals surface area (Å²) in [6, 6.07) is 5.89. The summed E-state index contributed by atoms with van der Waals surface area (Å²) in [5, 5.41) is 2.96. The van der Waals surface area contributed by atoms with Crippen LogP contribution in [0.2, 0.25) is 0 Å². The molecule has 0 atom stereocenters. The molecule has 2 amide bonds. The molecule has 3 aliphatic heterocycles. The van der Waals surface area contributed by atoms with Gasteiger partial charge in [-0.05, 0) is 56.4 Å². The third-order valence-corrected chi connectivity index (χ3v) is 7.05. The number of nitrogens with one attached hydrogen (secondary N) is 2. The molecule has 5 rings (SSSR count). The number of carbonyl (C=O) groups is 2. The molecule has 0 saturated carbocycles. The molecule has 33 heavy (non-hydrogen) atoms. The van der Waals surface area contributed by atoms with Crippen LogP contribution in [0, 0.1) is 13.8 Å². The van der Waals surface area contributed by atoms with E-state index in [-0.39, 0.29) is 11.8 Å². The Morgan fingerprint density at radius 2 is 1.88 bits per heavy atom. The van der Waals surface area contributed by atoms with Gasteiger partial charge in [-0.3, -0.25) is 14.5 Å². The van der Waals surface area contributed by atoms with Gasteiger partial charge in [0.25, 0.3) is 11.8 Å². The van der Waals surface area contributed by atoms with E-state index in [4.69, 9.17) is 4.74 Å². The largest absolute Gasteiger partial charge is 0.379 e. The van der Waals surface area contributed by atoms with Crippen molar-refractivity contribution < 1.29 is 14.3 Å². The lowest BCUT2D eigenvalue weighted by atomic mass is 9.99. The molecular formula is C26H32N4O3. The molecule has 0 bridgehead atoms. The van der Waals surface area contributed by atoms with Gasteiger partial charge in [0.1, 0.15) is 0 Å². The molecule has 174 valence electrons. The SMILES string of the molecule is Cc1cccc2c1/C(=C/c1[nH]c3c(c1C)C(=O)N(CCCN1CCOCC1)CCC3)C(=O)N2. The molecule has 1 saturated heterocycles. The molecule has 0 aliphatic carbocycles. The number of anilines is 1. The van der Waals surface area contributed by atoms with Crippen LogP contribution in [0.5, 0.6) is 0 Å². The van der Waals surface area contributed by atoms with Gasteiger partial charge >= 0.3 is 0 Å². The van der Waals surface area contributed by atoms with E-state index < -0.39 is 0 Å². The standard InChI is InChI=1S/C26H32N4O3/c1-17-6-3-7-20-23(17)19(25(31)28-20)16-22-18(2)24-21(27-22)8-4-10-30(26(24)32)11-5-9-29-12-14-33-15-13-29/h3,6-7,16,27H,4-5,8-15H2,1-2H3,(H,28,31)/b19-16-. The number of amides is 2. The van der Waals surface area contributed by atoms with Crippen LogP contribution in [0.15, 0.2) is 18.2 Å². The van der Waals surface area contributed by atoms with Gasteiger partial charge < -0.3 is 19.9 Å². The molecule has 2 aromatic rings. The highest BCUT2D eigenvalue weighted by Crippen LogP contribution is 2.36. The highest BCUT2D eigenvalue weighted by Gasteiger charge is 2.29. The lowest BCUT2D eigenvalue weighted by Crippen LogP contribution is -2.39. The Balaban J connectivity index is 1.37. The minimum absolute atomic E-state index is 0.0976. The highest BCUT2D eigenvalue weighted by atomic mass is 16.5. The number of rotatable bonds is 5. The summed E-state index contributed by atoms with van der Waals surface area (Å²) in [4.78, 5) is 34.1. The quantitative estimate of drug-likeness (QED) is 0.689. The van der Waals surface area contributed by atoms with Gasteiger partial charge in [-0.1, -0.05) is 12.1 Å². The van der Waals surface area contributed by atoms with E-state index in [0.717, 1.165) is 105 Å². The third-order valence-electron chi connectivity index (χ3n) is 7.05. The molecule has 1 aromatic carbocycles. The molecule has 0 unspecified atom stereocenters. The maximum atomic E-state index is 13.5. The number of aromatic amines is 1. The second-order valence-electron chi connectivity index (χ2n) is 9.23. The zero-order valence-corrected chi connectivity index (χ0v) is 19.5. The zero-order chi connectivity index (χ0) is 22.9. The number of morpholine rings is 1. The summed E-state index contributed by atoms with van der Waals surface area (Å²) in [5.74, 6) is 0.00916. The molecule has 1 aromatic heterocycles. The van der Waals surface area contributed by atoms with Crippen molar-refractivity contribution in [3.63, 3.8) is 0 Å². The summed E-state index contributed by atoms with van der Waals surface area (Å²) >= 11 is 0. The molecule has 0 radical (unpaired) electrons. The number of hydrogen-bond acceptors (Lipinski definition) is 4. The van der Waals surface area contributed by atoms with Crippen LogP contribution in [0.1, 0.15) is 51.3 Å². The second kappa shape index (κ2) is 9.15. The molecule has 1 fully saturated rings. The first-order valence-electron chi connectivity index (χ1n) is 12.0. The fourth-order valence-electron chi connectivity index (χ4n) is 5.25. The van der Waals surface area contributed by atoms with Crippen molar-refractivity contribution in [2.45, 2.75) is 33.1 Å². The second-order valence-corrected chi connectivity index (χ2v) is 9.23. The van der Waals surface area contributed by atoms with Crippen molar-refractivity contribution in [2.75, 3.05) is 51.3 Å². The Morgan fingerprint density at radius 1 is 1.06 bits per heavy atom. The van der Waals surface area contributed by atoms with Gasteiger partial charge in [0, 0.05) is 55.4 Å². The van der Waals surface area contributed by atoms with Gasteiger partial charge in [0.05, 0.1) is 24.4 Å². The molecule has 4 heterocycles. The number of H-pyrrole nitrogens is 1.